The summed E-state index contributed by atoms with van der Waals surface area (Å²) in [6.07, 6.45) is 1.20. The van der Waals surface area contributed by atoms with E-state index < -0.39 is 16.1 Å². The Hall–Kier alpha value is 0.160. The second-order valence-electron chi connectivity index (χ2n) is 3.13. The van der Waals surface area contributed by atoms with Gasteiger partial charge in [0.2, 0.25) is 10.0 Å². The Balaban J connectivity index is 3.73. The van der Waals surface area contributed by atoms with E-state index in [1.807, 2.05) is 0 Å². The van der Waals surface area contributed by atoms with Gasteiger partial charge in [-0.25, -0.2) is 13.1 Å². The van der Waals surface area contributed by atoms with E-state index in [9.17, 15) is 8.42 Å². The van der Waals surface area contributed by atoms with E-state index in [0.29, 0.717) is 25.1 Å². The summed E-state index contributed by atoms with van der Waals surface area (Å²) in [5.41, 5.74) is 0. The van der Waals surface area contributed by atoms with Crippen LogP contribution in [0.3, 0.4) is 0 Å². The number of nitrogens with one attached hydrogen (secondary N) is 1. The van der Waals surface area contributed by atoms with E-state index in [1.165, 1.54) is 0 Å². The molecule has 0 aliphatic heterocycles. The van der Waals surface area contributed by atoms with E-state index in [2.05, 4.69) is 4.72 Å². The van der Waals surface area contributed by atoms with Crippen molar-refractivity contribution < 1.29 is 13.5 Å². The molecule has 86 valence electrons. The van der Waals surface area contributed by atoms with Crippen LogP contribution in [0.1, 0.15) is 26.2 Å². The van der Waals surface area contributed by atoms with Gasteiger partial charge in [0.05, 0.1) is 11.9 Å². The molecule has 2 N–H and O–H groups in total. The number of sulfonamides is 1. The molecule has 6 heteroatoms. The van der Waals surface area contributed by atoms with Crippen LogP contribution in [0.2, 0.25) is 0 Å². The van der Waals surface area contributed by atoms with Crippen LogP contribution < -0.4 is 4.72 Å². The lowest BCUT2D eigenvalue weighted by atomic mass is 10.3. The second-order valence-corrected chi connectivity index (χ2v) is 5.43. The first-order valence-electron chi connectivity index (χ1n) is 4.73. The van der Waals surface area contributed by atoms with Crippen molar-refractivity contribution in [2.24, 2.45) is 0 Å². The predicted octanol–water partition coefficient (Wildman–Crippen LogP) is 0.696. The third-order valence-corrected chi connectivity index (χ3v) is 3.51. The van der Waals surface area contributed by atoms with Gasteiger partial charge in [-0.15, -0.1) is 11.6 Å². The molecule has 0 aromatic heterocycles. The maximum atomic E-state index is 11.3. The van der Waals surface area contributed by atoms with Crippen molar-refractivity contribution in [3.05, 3.63) is 0 Å². The standard InChI is InChI=1S/C8H18ClNO3S/c1-2-8(11)7-10-14(12,13)6-4-3-5-9/h8,10-11H,2-7H2,1H3. The van der Waals surface area contributed by atoms with Crippen LogP contribution in [0.25, 0.3) is 0 Å². The molecule has 0 aromatic carbocycles. The SMILES string of the molecule is CCC(O)CNS(=O)(=O)CCCCCl. The number of aliphatic hydroxyl groups excluding tert-OH is 1. The second kappa shape index (κ2) is 7.45. The number of alkyl halides is 1. The molecule has 1 unspecified atom stereocenters. The number of halogens is 1. The lowest BCUT2D eigenvalue weighted by molar-refractivity contribution is 0.174. The van der Waals surface area contributed by atoms with E-state index in [1.54, 1.807) is 6.92 Å². The van der Waals surface area contributed by atoms with Crippen molar-refractivity contribution in [1.82, 2.24) is 4.72 Å². The minimum absolute atomic E-state index is 0.0795. The summed E-state index contributed by atoms with van der Waals surface area (Å²) in [6, 6.07) is 0. The lowest BCUT2D eigenvalue weighted by Gasteiger charge is -2.09. The molecule has 1 atom stereocenters. The molecule has 0 rings (SSSR count). The van der Waals surface area contributed by atoms with Crippen LogP contribution in [-0.4, -0.2) is 37.8 Å². The highest BCUT2D eigenvalue weighted by Gasteiger charge is 2.11. The Morgan fingerprint density at radius 3 is 2.57 bits per heavy atom. The number of unbranched alkanes of at least 4 members (excludes halogenated alkanes) is 1. The minimum Gasteiger partial charge on any atom is -0.392 e. The van der Waals surface area contributed by atoms with Gasteiger partial charge in [0.25, 0.3) is 0 Å². The zero-order valence-electron chi connectivity index (χ0n) is 8.37. The Bertz CT molecular complexity index is 231. The van der Waals surface area contributed by atoms with Crippen molar-refractivity contribution >= 4 is 21.6 Å². The van der Waals surface area contributed by atoms with Crippen molar-refractivity contribution in [2.45, 2.75) is 32.3 Å². The Labute approximate surface area is 90.7 Å². The quantitative estimate of drug-likeness (QED) is 0.487. The van der Waals surface area contributed by atoms with E-state index in [4.69, 9.17) is 16.7 Å². The van der Waals surface area contributed by atoms with Gasteiger partial charge in [-0.1, -0.05) is 6.92 Å². The molecule has 0 spiro atoms. The van der Waals surface area contributed by atoms with Crippen molar-refractivity contribution in [3.8, 4) is 0 Å². The Morgan fingerprint density at radius 2 is 2.07 bits per heavy atom. The lowest BCUT2D eigenvalue weighted by Crippen LogP contribution is -2.33. The monoisotopic (exact) mass is 243 g/mol. The smallest absolute Gasteiger partial charge is 0.211 e. The zero-order valence-corrected chi connectivity index (χ0v) is 9.94. The minimum atomic E-state index is -3.23. The number of rotatable bonds is 8. The summed E-state index contributed by atoms with van der Waals surface area (Å²) in [5.74, 6) is 0.559. The molecule has 0 aromatic rings. The van der Waals surface area contributed by atoms with Crippen molar-refractivity contribution in [3.63, 3.8) is 0 Å². The highest BCUT2D eigenvalue weighted by molar-refractivity contribution is 7.89. The topological polar surface area (TPSA) is 66.4 Å². The summed E-state index contributed by atoms with van der Waals surface area (Å²) < 4.78 is 24.9. The fourth-order valence-corrected chi connectivity index (χ4v) is 2.19. The van der Waals surface area contributed by atoms with Crippen LogP contribution in [0.15, 0.2) is 0 Å². The summed E-state index contributed by atoms with van der Waals surface area (Å²) in [5, 5.41) is 9.14. The molecule has 0 fully saturated rings. The van der Waals surface area contributed by atoms with Crippen LogP contribution in [-0.2, 0) is 10.0 Å². The fraction of sp³-hybridized carbons (Fsp3) is 1.00. The molecular formula is C8H18ClNO3S. The van der Waals surface area contributed by atoms with Gasteiger partial charge in [0, 0.05) is 12.4 Å². The normalized spacial score (nSPS) is 14.2. The summed E-state index contributed by atoms with van der Waals surface area (Å²) >= 11 is 5.43. The maximum Gasteiger partial charge on any atom is 0.211 e. The zero-order chi connectivity index (χ0) is 11.0. The molecule has 0 aliphatic rings. The highest BCUT2D eigenvalue weighted by atomic mass is 35.5. The molecule has 0 aliphatic carbocycles. The third kappa shape index (κ3) is 7.55. The average Bonchev–Trinajstić information content (AvgIpc) is 2.14. The summed E-state index contributed by atoms with van der Waals surface area (Å²) in [4.78, 5) is 0. The average molecular weight is 244 g/mol. The third-order valence-electron chi connectivity index (χ3n) is 1.81. The van der Waals surface area contributed by atoms with Gasteiger partial charge < -0.3 is 5.11 Å². The van der Waals surface area contributed by atoms with Gasteiger partial charge in [0.15, 0.2) is 0 Å². The molecule has 4 nitrogen and oxygen atoms in total. The van der Waals surface area contributed by atoms with Gasteiger partial charge >= 0.3 is 0 Å². The first kappa shape index (κ1) is 14.2. The summed E-state index contributed by atoms with van der Waals surface area (Å²) in [7, 11) is -3.23. The first-order chi connectivity index (χ1) is 6.52. The number of aliphatic hydroxyl groups is 1. The Morgan fingerprint density at radius 1 is 1.43 bits per heavy atom. The van der Waals surface area contributed by atoms with Crippen LogP contribution in [0.4, 0.5) is 0 Å². The van der Waals surface area contributed by atoms with Crippen LogP contribution in [0.5, 0.6) is 0 Å². The van der Waals surface area contributed by atoms with Crippen molar-refractivity contribution in [2.75, 3.05) is 18.2 Å². The fourth-order valence-electron chi connectivity index (χ4n) is 0.826. The molecule has 0 heterocycles. The van der Waals surface area contributed by atoms with E-state index in [0.717, 1.165) is 0 Å². The van der Waals surface area contributed by atoms with Crippen LogP contribution >= 0.6 is 11.6 Å². The molecular weight excluding hydrogens is 226 g/mol. The molecule has 0 saturated heterocycles. The van der Waals surface area contributed by atoms with E-state index in [-0.39, 0.29) is 12.3 Å². The summed E-state index contributed by atoms with van der Waals surface area (Å²) in [6.45, 7) is 1.90. The number of hydrogen-bond donors (Lipinski definition) is 2. The predicted molar refractivity (Wildman–Crippen MR) is 58.0 cm³/mol. The van der Waals surface area contributed by atoms with Gasteiger partial charge in [-0.05, 0) is 19.3 Å². The highest BCUT2D eigenvalue weighted by Crippen LogP contribution is 1.97. The van der Waals surface area contributed by atoms with Crippen LogP contribution in [0, 0.1) is 0 Å². The molecule has 0 amide bonds. The molecule has 0 saturated carbocycles. The van der Waals surface area contributed by atoms with Gasteiger partial charge in [-0.3, -0.25) is 0 Å². The van der Waals surface area contributed by atoms with E-state index >= 15 is 0 Å². The van der Waals surface area contributed by atoms with Gasteiger partial charge in [-0.2, -0.15) is 0 Å². The molecule has 0 bridgehead atoms. The Kier molecular flexibility index (Phi) is 7.54. The molecule has 0 radical (unpaired) electrons. The number of hydrogen-bond acceptors (Lipinski definition) is 3. The van der Waals surface area contributed by atoms with Crippen molar-refractivity contribution in [1.29, 1.82) is 0 Å². The molecule has 14 heavy (non-hydrogen) atoms. The first-order valence-corrected chi connectivity index (χ1v) is 6.92. The maximum absolute atomic E-state index is 11.3. The van der Waals surface area contributed by atoms with Gasteiger partial charge in [0.1, 0.15) is 0 Å². The largest absolute Gasteiger partial charge is 0.392 e.